The van der Waals surface area contributed by atoms with Crippen LogP contribution in [0.5, 0.6) is 0 Å². The summed E-state index contributed by atoms with van der Waals surface area (Å²) in [5.41, 5.74) is 6.67. The summed E-state index contributed by atoms with van der Waals surface area (Å²) in [7, 11) is -3.65. The molecular weight excluding hydrogens is 506 g/mol. The normalized spacial score (nSPS) is 19.8. The van der Waals surface area contributed by atoms with E-state index in [9.17, 15) is 18.3 Å². The Morgan fingerprint density at radius 3 is 2.35 bits per heavy atom. The minimum absolute atomic E-state index is 0.00286. The van der Waals surface area contributed by atoms with E-state index in [1.54, 1.807) is 12.1 Å². The number of carbonyl (C=O) groups excluding carboxylic acids is 1. The molecule has 5 rings (SSSR count). The first-order valence-corrected chi connectivity index (χ1v) is 14.4. The second-order valence-corrected chi connectivity index (χ2v) is 12.3. The van der Waals surface area contributed by atoms with Gasteiger partial charge in [0.15, 0.2) is 5.78 Å². The molecule has 7 heteroatoms. The minimum atomic E-state index is -3.65. The third-order valence-corrected chi connectivity index (χ3v) is 9.36. The number of benzene rings is 3. The van der Waals surface area contributed by atoms with Crippen LogP contribution in [0.3, 0.4) is 0 Å². The van der Waals surface area contributed by atoms with Crippen molar-refractivity contribution in [1.29, 1.82) is 0 Å². The molecule has 0 heterocycles. The fourth-order valence-corrected chi connectivity index (χ4v) is 7.16. The van der Waals surface area contributed by atoms with Gasteiger partial charge in [0.05, 0.1) is 10.5 Å². The Labute approximate surface area is 223 Å². The summed E-state index contributed by atoms with van der Waals surface area (Å²) in [5.74, 6) is -0.132. The topological polar surface area (TPSA) is 83.5 Å². The number of aliphatic hydroxyl groups excluding tert-OH is 1. The van der Waals surface area contributed by atoms with Crippen molar-refractivity contribution in [1.82, 2.24) is 4.72 Å². The molecular formula is C30H30ClNO4S. The smallest absolute Gasteiger partial charge is 0.240 e. The van der Waals surface area contributed by atoms with Crippen molar-refractivity contribution >= 4 is 33.0 Å². The van der Waals surface area contributed by atoms with Crippen LogP contribution < -0.4 is 4.72 Å². The van der Waals surface area contributed by atoms with Crippen molar-refractivity contribution in [2.45, 2.75) is 56.9 Å². The average Bonchev–Trinajstić information content (AvgIpc) is 3.12. The van der Waals surface area contributed by atoms with Crippen molar-refractivity contribution in [3.8, 4) is 0 Å². The van der Waals surface area contributed by atoms with Crippen molar-refractivity contribution in [2.24, 2.45) is 5.92 Å². The summed E-state index contributed by atoms with van der Waals surface area (Å²) in [6.07, 6.45) is 2.89. The largest absolute Gasteiger partial charge is 0.512 e. The Bertz CT molecular complexity index is 1490. The van der Waals surface area contributed by atoms with Gasteiger partial charge in [-0.3, -0.25) is 4.79 Å². The number of nitrogens with one attached hydrogen (secondary N) is 1. The number of ketones is 1. The molecule has 2 atom stereocenters. The molecule has 2 aliphatic carbocycles. The molecule has 2 aliphatic rings. The van der Waals surface area contributed by atoms with Crippen molar-refractivity contribution in [3.63, 3.8) is 0 Å². The van der Waals surface area contributed by atoms with E-state index in [4.69, 9.17) is 11.6 Å². The van der Waals surface area contributed by atoms with E-state index >= 15 is 0 Å². The van der Waals surface area contributed by atoms with E-state index in [0.29, 0.717) is 36.3 Å². The molecule has 2 unspecified atom stereocenters. The number of aryl methyl sites for hydroxylation is 2. The number of rotatable bonds is 6. The van der Waals surface area contributed by atoms with Crippen LogP contribution in [0.25, 0.3) is 5.57 Å². The zero-order valence-corrected chi connectivity index (χ0v) is 22.5. The Morgan fingerprint density at radius 1 is 0.973 bits per heavy atom. The molecule has 0 saturated carbocycles. The Balaban J connectivity index is 1.32. The molecule has 37 heavy (non-hydrogen) atoms. The van der Waals surface area contributed by atoms with Gasteiger partial charge in [-0.15, -0.1) is 0 Å². The lowest BCUT2D eigenvalue weighted by molar-refractivity contribution is -0.116. The highest BCUT2D eigenvalue weighted by Crippen LogP contribution is 2.39. The number of halogens is 1. The number of sulfonamides is 1. The average molecular weight is 536 g/mol. The van der Waals surface area contributed by atoms with Crippen LogP contribution in [0.15, 0.2) is 71.3 Å². The van der Waals surface area contributed by atoms with Crippen molar-refractivity contribution < 1.29 is 18.3 Å². The second kappa shape index (κ2) is 10.1. The van der Waals surface area contributed by atoms with Crippen molar-refractivity contribution in [2.75, 3.05) is 0 Å². The van der Waals surface area contributed by atoms with Gasteiger partial charge in [0.1, 0.15) is 5.76 Å². The van der Waals surface area contributed by atoms with Gasteiger partial charge >= 0.3 is 0 Å². The zero-order chi connectivity index (χ0) is 26.3. The first-order chi connectivity index (χ1) is 17.6. The molecule has 0 spiro atoms. The van der Waals surface area contributed by atoms with Gasteiger partial charge in [-0.1, -0.05) is 48.0 Å². The molecule has 192 valence electrons. The van der Waals surface area contributed by atoms with Crippen LogP contribution >= 0.6 is 11.6 Å². The maximum absolute atomic E-state index is 13.5. The lowest BCUT2D eigenvalue weighted by atomic mass is 9.82. The molecule has 0 amide bonds. The Morgan fingerprint density at radius 2 is 1.65 bits per heavy atom. The van der Waals surface area contributed by atoms with Crippen LogP contribution in [0.2, 0.25) is 5.02 Å². The molecule has 5 nitrogen and oxygen atoms in total. The van der Waals surface area contributed by atoms with Crippen LogP contribution in [-0.2, 0) is 34.1 Å². The summed E-state index contributed by atoms with van der Waals surface area (Å²) >= 11 is 5.90. The first kappa shape index (κ1) is 25.7. The summed E-state index contributed by atoms with van der Waals surface area (Å²) in [4.78, 5) is 13.7. The fourth-order valence-electron chi connectivity index (χ4n) is 5.76. The summed E-state index contributed by atoms with van der Waals surface area (Å²) in [6.45, 7) is 3.93. The lowest BCUT2D eigenvalue weighted by Crippen LogP contribution is -2.39. The summed E-state index contributed by atoms with van der Waals surface area (Å²) in [6, 6.07) is 17.9. The Hall–Kier alpha value is -2.93. The predicted octanol–water partition coefficient (Wildman–Crippen LogP) is 5.89. The maximum atomic E-state index is 13.5. The molecule has 0 aromatic heterocycles. The monoisotopic (exact) mass is 535 g/mol. The van der Waals surface area contributed by atoms with E-state index in [0.717, 1.165) is 34.2 Å². The maximum Gasteiger partial charge on any atom is 0.240 e. The molecule has 0 bridgehead atoms. The van der Waals surface area contributed by atoms with Gasteiger partial charge in [0, 0.05) is 23.4 Å². The Kier molecular flexibility index (Phi) is 7.01. The highest BCUT2D eigenvalue weighted by Gasteiger charge is 2.36. The molecule has 0 radical (unpaired) electrons. The number of carbonyl (C=O) groups is 1. The number of fused-ring (bicyclic) bond motifs is 1. The van der Waals surface area contributed by atoms with Gasteiger partial charge in [-0.05, 0) is 97.2 Å². The van der Waals surface area contributed by atoms with Gasteiger partial charge in [-0.2, -0.15) is 0 Å². The van der Waals surface area contributed by atoms with Crippen LogP contribution in [-0.4, -0.2) is 25.3 Å². The van der Waals surface area contributed by atoms with Crippen LogP contribution in [0.4, 0.5) is 0 Å². The van der Waals surface area contributed by atoms with Gasteiger partial charge < -0.3 is 5.11 Å². The summed E-state index contributed by atoms with van der Waals surface area (Å²) < 4.78 is 28.6. The zero-order valence-electron chi connectivity index (χ0n) is 20.9. The highest BCUT2D eigenvalue weighted by atomic mass is 35.5. The van der Waals surface area contributed by atoms with E-state index in [1.165, 1.54) is 17.7 Å². The standard InChI is InChI=1S/C30H30ClNO4S/c1-18-5-3-6-19(2)28(18)29-27(33)17-22(30(29)34)15-20-7-4-8-21-16-24(11-14-26(20)21)32-37(35,36)25-12-9-23(31)10-13-25/h3-10,12-13,22,24,32-33H,11,14-17H2,1-2H3. The first-order valence-electron chi connectivity index (χ1n) is 12.5. The number of hydrogen-bond acceptors (Lipinski definition) is 4. The third kappa shape index (κ3) is 5.11. The predicted molar refractivity (Wildman–Crippen MR) is 146 cm³/mol. The van der Waals surface area contributed by atoms with E-state index in [2.05, 4.69) is 10.8 Å². The summed E-state index contributed by atoms with van der Waals surface area (Å²) in [5, 5.41) is 11.3. The molecule has 3 aromatic rings. The lowest BCUT2D eigenvalue weighted by Gasteiger charge is -2.27. The van der Waals surface area contributed by atoms with Gasteiger partial charge in [0.25, 0.3) is 0 Å². The van der Waals surface area contributed by atoms with Gasteiger partial charge in [0.2, 0.25) is 10.0 Å². The SMILES string of the molecule is Cc1cccc(C)c1C1=C(O)CC(Cc2cccc3c2CCC(NS(=O)(=O)c2ccc(Cl)cc2)C3)C1=O. The highest BCUT2D eigenvalue weighted by molar-refractivity contribution is 7.89. The van der Waals surface area contributed by atoms with E-state index < -0.39 is 10.0 Å². The van der Waals surface area contributed by atoms with Crippen LogP contribution in [0, 0.1) is 19.8 Å². The second-order valence-electron chi connectivity index (χ2n) is 10.1. The van der Waals surface area contributed by atoms with E-state index in [1.807, 2.05) is 44.2 Å². The molecule has 0 saturated heterocycles. The fraction of sp³-hybridized carbons (Fsp3) is 0.300. The number of allylic oxidation sites excluding steroid dienone is 2. The molecule has 0 aliphatic heterocycles. The third-order valence-electron chi connectivity index (χ3n) is 7.57. The number of hydrogen-bond donors (Lipinski definition) is 2. The molecule has 3 aromatic carbocycles. The van der Waals surface area contributed by atoms with Crippen molar-refractivity contribution in [3.05, 3.63) is 105 Å². The molecule has 0 fully saturated rings. The van der Waals surface area contributed by atoms with Gasteiger partial charge in [-0.25, -0.2) is 13.1 Å². The number of aliphatic hydroxyl groups is 1. The quantitative estimate of drug-likeness (QED) is 0.412. The van der Waals surface area contributed by atoms with Crippen LogP contribution in [0.1, 0.15) is 46.2 Å². The molecule has 2 N–H and O–H groups in total. The van der Waals surface area contributed by atoms with E-state index in [-0.39, 0.29) is 28.4 Å². The minimum Gasteiger partial charge on any atom is -0.512 e. The number of Topliss-reactive ketones (excluding diaryl/α,β-unsaturated/α-hetero) is 1.